The van der Waals surface area contributed by atoms with Crippen molar-refractivity contribution in [2.24, 2.45) is 5.73 Å². The van der Waals surface area contributed by atoms with Crippen LogP contribution in [0.4, 0.5) is 5.69 Å². The van der Waals surface area contributed by atoms with E-state index in [1.807, 2.05) is 63.2 Å². The molecule has 0 saturated heterocycles. The van der Waals surface area contributed by atoms with Crippen LogP contribution >= 0.6 is 0 Å². The van der Waals surface area contributed by atoms with Gasteiger partial charge in [0.1, 0.15) is 0 Å². The Hall–Kier alpha value is -2.13. The number of benzene rings is 2. The molecule has 0 aliphatic heterocycles. The second-order valence-corrected chi connectivity index (χ2v) is 5.16. The smallest absolute Gasteiger partial charge is 0.255 e. The van der Waals surface area contributed by atoms with Crippen LogP contribution in [0.5, 0.6) is 0 Å². The Kier molecular flexibility index (Phi) is 4.20. The van der Waals surface area contributed by atoms with Crippen molar-refractivity contribution in [3.8, 4) is 0 Å². The molecule has 3 heteroatoms. The van der Waals surface area contributed by atoms with Gasteiger partial charge in [0.25, 0.3) is 5.91 Å². The van der Waals surface area contributed by atoms with Gasteiger partial charge >= 0.3 is 0 Å². The number of nitrogens with two attached hydrogens (primary N) is 1. The van der Waals surface area contributed by atoms with E-state index in [0.29, 0.717) is 5.56 Å². The fourth-order valence-corrected chi connectivity index (χ4v) is 1.96. The molecule has 2 aromatic carbocycles. The van der Waals surface area contributed by atoms with E-state index >= 15 is 0 Å². The minimum atomic E-state index is -0.0957. The van der Waals surface area contributed by atoms with E-state index in [9.17, 15) is 4.79 Å². The third-order valence-electron chi connectivity index (χ3n) is 3.46. The average Bonchev–Trinajstić information content (AvgIpc) is 2.42. The van der Waals surface area contributed by atoms with Crippen LogP contribution in [0, 0.1) is 13.8 Å². The molecule has 0 aromatic heterocycles. The van der Waals surface area contributed by atoms with Gasteiger partial charge in [0.15, 0.2) is 0 Å². The third kappa shape index (κ3) is 3.25. The number of nitrogens with one attached hydrogen (secondary N) is 1. The second kappa shape index (κ2) is 5.88. The zero-order valence-electron chi connectivity index (χ0n) is 12.1. The fraction of sp³-hybridized carbons (Fsp3) is 0.235. The van der Waals surface area contributed by atoms with Gasteiger partial charge in [0.2, 0.25) is 0 Å². The summed E-state index contributed by atoms with van der Waals surface area (Å²) in [5, 5.41) is 2.89. The number of carbonyl (C=O) groups excluding carboxylic acids is 1. The number of carbonyl (C=O) groups is 1. The van der Waals surface area contributed by atoms with Crippen LogP contribution in [0.25, 0.3) is 0 Å². The molecule has 1 unspecified atom stereocenters. The Labute approximate surface area is 119 Å². The SMILES string of the molecule is Cc1ccc(C(=O)Nc2ccc(C(C)N)cc2)cc1C. The molecule has 3 nitrogen and oxygen atoms in total. The molecule has 0 fully saturated rings. The summed E-state index contributed by atoms with van der Waals surface area (Å²) in [5.74, 6) is -0.0957. The highest BCUT2D eigenvalue weighted by Gasteiger charge is 2.07. The van der Waals surface area contributed by atoms with Crippen molar-refractivity contribution in [2.45, 2.75) is 26.8 Å². The first-order valence-corrected chi connectivity index (χ1v) is 6.71. The normalized spacial score (nSPS) is 12.0. The second-order valence-electron chi connectivity index (χ2n) is 5.16. The van der Waals surface area contributed by atoms with E-state index in [4.69, 9.17) is 5.73 Å². The Morgan fingerprint density at radius 1 is 1.05 bits per heavy atom. The van der Waals surface area contributed by atoms with Crippen LogP contribution < -0.4 is 11.1 Å². The average molecular weight is 268 g/mol. The Bertz CT molecular complexity index is 615. The van der Waals surface area contributed by atoms with Crippen molar-refractivity contribution in [1.29, 1.82) is 0 Å². The van der Waals surface area contributed by atoms with Crippen LogP contribution in [0.2, 0.25) is 0 Å². The van der Waals surface area contributed by atoms with Crippen molar-refractivity contribution >= 4 is 11.6 Å². The molecular formula is C17H20N2O. The quantitative estimate of drug-likeness (QED) is 0.894. The molecule has 2 rings (SSSR count). The van der Waals surface area contributed by atoms with E-state index in [1.165, 1.54) is 5.56 Å². The highest BCUT2D eigenvalue weighted by atomic mass is 16.1. The van der Waals surface area contributed by atoms with Crippen molar-refractivity contribution in [2.75, 3.05) is 5.32 Å². The number of amides is 1. The molecule has 0 heterocycles. The van der Waals surface area contributed by atoms with E-state index in [0.717, 1.165) is 16.8 Å². The molecule has 1 atom stereocenters. The van der Waals surface area contributed by atoms with E-state index < -0.39 is 0 Å². The Balaban J connectivity index is 2.12. The maximum absolute atomic E-state index is 12.2. The van der Waals surface area contributed by atoms with Crippen LogP contribution in [-0.2, 0) is 0 Å². The molecule has 1 amide bonds. The Morgan fingerprint density at radius 3 is 2.25 bits per heavy atom. The topological polar surface area (TPSA) is 55.1 Å². The summed E-state index contributed by atoms with van der Waals surface area (Å²) < 4.78 is 0. The first-order chi connectivity index (χ1) is 9.47. The van der Waals surface area contributed by atoms with E-state index in [1.54, 1.807) is 0 Å². The van der Waals surface area contributed by atoms with E-state index in [-0.39, 0.29) is 11.9 Å². The molecule has 3 N–H and O–H groups in total. The summed E-state index contributed by atoms with van der Waals surface area (Å²) in [7, 11) is 0. The standard InChI is InChI=1S/C17H20N2O/c1-11-4-5-15(10-12(11)2)17(20)19-16-8-6-14(7-9-16)13(3)18/h4-10,13H,18H2,1-3H3,(H,19,20). The summed E-state index contributed by atoms with van der Waals surface area (Å²) in [6.45, 7) is 5.97. The largest absolute Gasteiger partial charge is 0.324 e. The highest BCUT2D eigenvalue weighted by molar-refractivity contribution is 6.04. The minimum absolute atomic E-state index is 0.000463. The summed E-state index contributed by atoms with van der Waals surface area (Å²) >= 11 is 0. The first-order valence-electron chi connectivity index (χ1n) is 6.71. The van der Waals surface area contributed by atoms with Gasteiger partial charge in [0.05, 0.1) is 0 Å². The predicted octanol–water partition coefficient (Wildman–Crippen LogP) is 3.58. The summed E-state index contributed by atoms with van der Waals surface area (Å²) in [6.07, 6.45) is 0. The summed E-state index contributed by atoms with van der Waals surface area (Å²) in [4.78, 5) is 12.2. The molecule has 0 bridgehead atoms. The maximum atomic E-state index is 12.2. The Morgan fingerprint density at radius 2 is 1.70 bits per heavy atom. The maximum Gasteiger partial charge on any atom is 0.255 e. The number of anilines is 1. The van der Waals surface area contributed by atoms with Crippen LogP contribution in [0.15, 0.2) is 42.5 Å². The predicted molar refractivity (Wildman–Crippen MR) is 82.9 cm³/mol. The minimum Gasteiger partial charge on any atom is -0.324 e. The van der Waals surface area contributed by atoms with Gasteiger partial charge in [-0.3, -0.25) is 4.79 Å². The highest BCUT2D eigenvalue weighted by Crippen LogP contribution is 2.16. The van der Waals surface area contributed by atoms with Crippen molar-refractivity contribution < 1.29 is 4.79 Å². The molecule has 104 valence electrons. The molecule has 0 saturated carbocycles. The van der Waals surface area contributed by atoms with Gasteiger partial charge in [-0.2, -0.15) is 0 Å². The fourth-order valence-electron chi connectivity index (χ4n) is 1.96. The molecule has 0 radical (unpaired) electrons. The van der Waals surface area contributed by atoms with Crippen LogP contribution in [0.3, 0.4) is 0 Å². The lowest BCUT2D eigenvalue weighted by Crippen LogP contribution is -2.12. The number of rotatable bonds is 3. The van der Waals surface area contributed by atoms with Gasteiger partial charge in [0, 0.05) is 17.3 Å². The number of aryl methyl sites for hydroxylation is 2. The van der Waals surface area contributed by atoms with Crippen molar-refractivity contribution in [3.63, 3.8) is 0 Å². The van der Waals surface area contributed by atoms with Gasteiger partial charge < -0.3 is 11.1 Å². The van der Waals surface area contributed by atoms with Crippen LogP contribution in [-0.4, -0.2) is 5.91 Å². The van der Waals surface area contributed by atoms with Crippen molar-refractivity contribution in [3.05, 3.63) is 64.7 Å². The van der Waals surface area contributed by atoms with E-state index in [2.05, 4.69) is 5.32 Å². The molecule has 0 aliphatic rings. The zero-order valence-corrected chi connectivity index (χ0v) is 12.1. The molecule has 0 aliphatic carbocycles. The lowest BCUT2D eigenvalue weighted by Gasteiger charge is -2.09. The molecule has 0 spiro atoms. The lowest BCUT2D eigenvalue weighted by molar-refractivity contribution is 0.102. The summed E-state index contributed by atoms with van der Waals surface area (Å²) in [5.41, 5.74) is 10.6. The summed E-state index contributed by atoms with van der Waals surface area (Å²) in [6, 6.07) is 13.3. The lowest BCUT2D eigenvalue weighted by atomic mass is 10.1. The number of hydrogen-bond donors (Lipinski definition) is 2. The van der Waals surface area contributed by atoms with Gasteiger partial charge in [-0.05, 0) is 61.7 Å². The van der Waals surface area contributed by atoms with Gasteiger partial charge in [-0.15, -0.1) is 0 Å². The van der Waals surface area contributed by atoms with Gasteiger partial charge in [-0.1, -0.05) is 18.2 Å². The van der Waals surface area contributed by atoms with Gasteiger partial charge in [-0.25, -0.2) is 0 Å². The zero-order chi connectivity index (χ0) is 14.7. The van der Waals surface area contributed by atoms with Crippen molar-refractivity contribution in [1.82, 2.24) is 0 Å². The monoisotopic (exact) mass is 268 g/mol. The molecule has 20 heavy (non-hydrogen) atoms. The molecule has 2 aromatic rings. The third-order valence-corrected chi connectivity index (χ3v) is 3.46. The first kappa shape index (κ1) is 14.3. The molecular weight excluding hydrogens is 248 g/mol. The number of hydrogen-bond acceptors (Lipinski definition) is 2. The van der Waals surface area contributed by atoms with Crippen LogP contribution in [0.1, 0.15) is 40.0 Å².